The van der Waals surface area contributed by atoms with Crippen molar-refractivity contribution in [3.05, 3.63) is 69.9 Å². The van der Waals surface area contributed by atoms with Crippen molar-refractivity contribution in [2.75, 3.05) is 18.2 Å². The van der Waals surface area contributed by atoms with Gasteiger partial charge in [0.25, 0.3) is 0 Å². The van der Waals surface area contributed by atoms with Crippen LogP contribution in [0, 0.1) is 0 Å². The maximum Gasteiger partial charge on any atom is 0.338 e. The molecule has 2 aromatic carbocycles. The Hall–Kier alpha value is -3.17. The smallest absolute Gasteiger partial charge is 0.338 e. The minimum absolute atomic E-state index is 0.268. The van der Waals surface area contributed by atoms with Gasteiger partial charge in [0.15, 0.2) is 11.5 Å². The predicted octanol–water partition coefficient (Wildman–Crippen LogP) is 6.65. The number of allylic oxidation sites excluding steroid dienone is 1. The number of esters is 1. The van der Waals surface area contributed by atoms with Crippen LogP contribution in [0.1, 0.15) is 57.7 Å². The average molecular weight is 557 g/mol. The molecule has 8 nitrogen and oxygen atoms in total. The van der Waals surface area contributed by atoms with Crippen LogP contribution in [0.25, 0.3) is 0 Å². The van der Waals surface area contributed by atoms with Crippen LogP contribution in [-0.2, 0) is 16.1 Å². The van der Waals surface area contributed by atoms with Crippen LogP contribution in [-0.4, -0.2) is 39.7 Å². The number of thioether (sulfide) groups is 1. The van der Waals surface area contributed by atoms with E-state index in [9.17, 15) is 4.79 Å². The first kappa shape index (κ1) is 27.9. The molecule has 3 aromatic rings. The molecule has 0 fully saturated rings. The molecule has 1 atom stereocenters. The number of hydrogen-bond acceptors (Lipinski definition) is 8. The summed E-state index contributed by atoms with van der Waals surface area (Å²) in [7, 11) is 1.59. The molecule has 1 aliphatic heterocycles. The van der Waals surface area contributed by atoms with Crippen molar-refractivity contribution in [3.63, 3.8) is 0 Å². The number of nitrogens with zero attached hydrogens (tertiary/aromatic N) is 3. The van der Waals surface area contributed by atoms with Gasteiger partial charge >= 0.3 is 5.97 Å². The van der Waals surface area contributed by atoms with Gasteiger partial charge in [0.2, 0.25) is 11.1 Å². The molecular formula is C28H33ClN4O4S. The second kappa shape index (κ2) is 12.6. The Morgan fingerprint density at radius 3 is 2.71 bits per heavy atom. The van der Waals surface area contributed by atoms with Crippen molar-refractivity contribution in [2.45, 2.75) is 64.4 Å². The number of halogens is 1. The normalized spacial score (nSPS) is 14.8. The number of unbranched alkanes of at least 4 members (excludes halogenated alkanes) is 1. The summed E-state index contributed by atoms with van der Waals surface area (Å²) in [6.45, 7) is 7.95. The molecule has 0 amide bonds. The van der Waals surface area contributed by atoms with Crippen molar-refractivity contribution in [3.8, 4) is 11.5 Å². The highest BCUT2D eigenvalue weighted by Gasteiger charge is 2.36. The zero-order chi connectivity index (χ0) is 27.2. The summed E-state index contributed by atoms with van der Waals surface area (Å²) in [5.41, 5.74) is 2.80. The lowest BCUT2D eigenvalue weighted by Crippen LogP contribution is -2.30. The third-order valence-electron chi connectivity index (χ3n) is 5.97. The summed E-state index contributed by atoms with van der Waals surface area (Å²) >= 11 is 7.89. The number of nitrogens with one attached hydrogen (secondary N) is 1. The van der Waals surface area contributed by atoms with Crippen molar-refractivity contribution < 1.29 is 19.0 Å². The van der Waals surface area contributed by atoms with Crippen LogP contribution in [0.4, 0.5) is 5.95 Å². The van der Waals surface area contributed by atoms with Gasteiger partial charge in [0.05, 0.1) is 18.8 Å². The number of ether oxygens (including phenoxy) is 3. The third kappa shape index (κ3) is 6.27. The van der Waals surface area contributed by atoms with E-state index in [1.54, 1.807) is 23.6 Å². The SMILES string of the molecule is CCCCSc1nc2n(n1)C(c1ccc(OCc3ccccc3Cl)c(OC)c1)C(C(=O)OC(C)C)=C(C)N2. The van der Waals surface area contributed by atoms with Gasteiger partial charge in [-0.3, -0.25) is 0 Å². The molecule has 0 radical (unpaired) electrons. The van der Waals surface area contributed by atoms with Crippen molar-refractivity contribution in [1.29, 1.82) is 0 Å². The fourth-order valence-electron chi connectivity index (χ4n) is 4.09. The lowest BCUT2D eigenvalue weighted by Gasteiger charge is -2.29. The Morgan fingerprint density at radius 2 is 2.00 bits per heavy atom. The topological polar surface area (TPSA) is 87.5 Å². The Labute approximate surface area is 232 Å². The molecule has 38 heavy (non-hydrogen) atoms. The van der Waals surface area contributed by atoms with Gasteiger partial charge in [-0.1, -0.05) is 61.0 Å². The minimum atomic E-state index is -0.558. The number of fused-ring (bicyclic) bond motifs is 1. The third-order valence-corrected chi connectivity index (χ3v) is 7.26. The monoisotopic (exact) mass is 556 g/mol. The van der Waals surface area contributed by atoms with Crippen LogP contribution < -0.4 is 14.8 Å². The van der Waals surface area contributed by atoms with E-state index < -0.39 is 12.0 Å². The molecule has 0 bridgehead atoms. The van der Waals surface area contributed by atoms with E-state index >= 15 is 0 Å². The van der Waals surface area contributed by atoms with Gasteiger partial charge in [-0.15, -0.1) is 5.10 Å². The van der Waals surface area contributed by atoms with E-state index in [1.807, 2.05) is 63.2 Å². The van der Waals surface area contributed by atoms with E-state index in [0.717, 1.165) is 29.7 Å². The molecule has 4 rings (SSSR count). The molecule has 1 unspecified atom stereocenters. The van der Waals surface area contributed by atoms with Crippen molar-refractivity contribution in [2.24, 2.45) is 0 Å². The van der Waals surface area contributed by atoms with E-state index in [4.69, 9.17) is 30.9 Å². The van der Waals surface area contributed by atoms with E-state index in [1.165, 1.54) is 0 Å². The minimum Gasteiger partial charge on any atom is -0.493 e. The highest BCUT2D eigenvalue weighted by atomic mass is 35.5. The van der Waals surface area contributed by atoms with Crippen molar-refractivity contribution in [1.82, 2.24) is 14.8 Å². The van der Waals surface area contributed by atoms with Crippen molar-refractivity contribution >= 4 is 35.3 Å². The van der Waals surface area contributed by atoms with Crippen LogP contribution in [0.2, 0.25) is 5.02 Å². The zero-order valence-corrected chi connectivity index (χ0v) is 23.9. The standard InChI is InChI=1S/C28H33ClN4O4S/c1-6-7-14-38-28-31-27-30-18(4)24(26(34)37-17(2)3)25(33(27)32-28)19-12-13-22(23(15-19)35-5)36-16-20-10-8-9-11-21(20)29/h8-13,15,17,25H,6-7,14,16H2,1-5H3,(H,30,31,32). The Balaban J connectivity index is 1.70. The molecule has 202 valence electrons. The van der Waals surface area contributed by atoms with Gasteiger partial charge < -0.3 is 19.5 Å². The fraction of sp³-hybridized carbons (Fsp3) is 0.393. The van der Waals surface area contributed by atoms with E-state index in [0.29, 0.717) is 45.5 Å². The Kier molecular flexibility index (Phi) is 9.22. The van der Waals surface area contributed by atoms with Gasteiger partial charge in [-0.2, -0.15) is 4.98 Å². The average Bonchev–Trinajstić information content (AvgIpc) is 3.29. The number of anilines is 1. The largest absolute Gasteiger partial charge is 0.493 e. The molecule has 1 aliphatic rings. The summed E-state index contributed by atoms with van der Waals surface area (Å²) < 4.78 is 19.1. The summed E-state index contributed by atoms with van der Waals surface area (Å²) in [5.74, 6) is 2.18. The molecular weight excluding hydrogens is 524 g/mol. The molecule has 1 aromatic heterocycles. The summed E-state index contributed by atoms with van der Waals surface area (Å²) in [6, 6.07) is 12.6. The second-order valence-corrected chi connectivity index (χ2v) is 10.6. The molecule has 0 saturated carbocycles. The van der Waals surface area contributed by atoms with Gasteiger partial charge in [0, 0.05) is 22.0 Å². The molecule has 0 saturated heterocycles. The van der Waals surface area contributed by atoms with E-state index in [2.05, 4.69) is 17.2 Å². The zero-order valence-electron chi connectivity index (χ0n) is 22.3. The molecule has 10 heteroatoms. The maximum absolute atomic E-state index is 13.3. The summed E-state index contributed by atoms with van der Waals surface area (Å²) in [4.78, 5) is 18.0. The predicted molar refractivity (Wildman–Crippen MR) is 150 cm³/mol. The number of benzene rings is 2. The summed E-state index contributed by atoms with van der Waals surface area (Å²) in [5, 5.41) is 9.31. The number of carbonyl (C=O) groups excluding carboxylic acids is 1. The first-order valence-corrected chi connectivity index (χ1v) is 14.0. The van der Waals surface area contributed by atoms with Crippen LogP contribution in [0.15, 0.2) is 58.9 Å². The van der Waals surface area contributed by atoms with Crippen LogP contribution >= 0.6 is 23.4 Å². The Morgan fingerprint density at radius 1 is 1.21 bits per heavy atom. The quantitative estimate of drug-likeness (QED) is 0.159. The number of rotatable bonds is 11. The number of hydrogen-bond donors (Lipinski definition) is 1. The Bertz CT molecular complexity index is 1320. The number of carbonyl (C=O) groups is 1. The van der Waals surface area contributed by atoms with E-state index in [-0.39, 0.29) is 6.10 Å². The lowest BCUT2D eigenvalue weighted by atomic mass is 9.95. The maximum atomic E-state index is 13.3. The van der Waals surface area contributed by atoms with Gasteiger partial charge in [0.1, 0.15) is 12.6 Å². The molecule has 1 N–H and O–H groups in total. The van der Waals surface area contributed by atoms with Crippen LogP contribution in [0.5, 0.6) is 11.5 Å². The highest BCUT2D eigenvalue weighted by Crippen LogP contribution is 2.40. The first-order valence-electron chi connectivity index (χ1n) is 12.6. The molecule has 0 spiro atoms. The van der Waals surface area contributed by atoms with Gasteiger partial charge in [-0.25, -0.2) is 9.48 Å². The molecule has 0 aliphatic carbocycles. The number of aromatic nitrogens is 3. The van der Waals surface area contributed by atoms with Crippen LogP contribution in [0.3, 0.4) is 0 Å². The highest BCUT2D eigenvalue weighted by molar-refractivity contribution is 7.99. The summed E-state index contributed by atoms with van der Waals surface area (Å²) in [6.07, 6.45) is 1.90. The molecule has 2 heterocycles. The fourth-order valence-corrected chi connectivity index (χ4v) is 5.20. The number of methoxy groups -OCH3 is 1. The lowest BCUT2D eigenvalue weighted by molar-refractivity contribution is -0.143. The second-order valence-electron chi connectivity index (χ2n) is 9.18. The first-order chi connectivity index (χ1) is 18.3. The van der Waals surface area contributed by atoms with Gasteiger partial charge in [-0.05, 0) is 51.0 Å².